The summed E-state index contributed by atoms with van der Waals surface area (Å²) in [7, 11) is 1.66. The topological polar surface area (TPSA) is 39.9 Å². The molecule has 120 valence electrons. The molecule has 4 rings (SSSR count). The lowest BCUT2D eigenvalue weighted by atomic mass is 10.2. The molecule has 0 bridgehead atoms. The van der Waals surface area contributed by atoms with Gasteiger partial charge in [0.25, 0.3) is 0 Å². The van der Waals surface area contributed by atoms with Crippen LogP contribution >= 0.6 is 0 Å². The average molecular weight is 317 g/mol. The van der Waals surface area contributed by atoms with Crippen molar-refractivity contribution in [2.24, 2.45) is 0 Å². The Morgan fingerprint density at radius 3 is 2.62 bits per heavy atom. The fourth-order valence-electron chi connectivity index (χ4n) is 3.33. The van der Waals surface area contributed by atoms with Gasteiger partial charge >= 0.3 is 0 Å². The molecule has 0 amide bonds. The Labute approximate surface area is 141 Å². The van der Waals surface area contributed by atoms with Crippen molar-refractivity contribution in [3.8, 4) is 17.6 Å². The van der Waals surface area contributed by atoms with E-state index in [1.807, 2.05) is 42.6 Å². The number of hydrogen-bond donors (Lipinski definition) is 0. The largest absolute Gasteiger partial charge is 0.497 e. The zero-order valence-electron chi connectivity index (χ0n) is 13.7. The van der Waals surface area contributed by atoms with Gasteiger partial charge in [-0.05, 0) is 55.2 Å². The molecule has 0 aliphatic heterocycles. The van der Waals surface area contributed by atoms with Crippen molar-refractivity contribution in [3.05, 3.63) is 54.0 Å². The number of hydrogen-bond acceptors (Lipinski definition) is 3. The lowest BCUT2D eigenvalue weighted by Crippen LogP contribution is -2.08. The van der Waals surface area contributed by atoms with Crippen LogP contribution in [0.15, 0.2) is 42.6 Å². The zero-order chi connectivity index (χ0) is 16.4. The highest BCUT2D eigenvalue weighted by atomic mass is 16.5. The van der Waals surface area contributed by atoms with Gasteiger partial charge in [0.1, 0.15) is 11.3 Å². The van der Waals surface area contributed by atoms with E-state index < -0.39 is 0 Å². The molecule has 2 heterocycles. The van der Waals surface area contributed by atoms with Crippen molar-refractivity contribution in [1.29, 1.82) is 0 Å². The summed E-state index contributed by atoms with van der Waals surface area (Å²) in [5, 5.41) is 0. The molecule has 0 spiro atoms. The van der Waals surface area contributed by atoms with Gasteiger partial charge in [-0.3, -0.25) is 4.57 Å². The van der Waals surface area contributed by atoms with Crippen molar-refractivity contribution in [1.82, 2.24) is 14.5 Å². The van der Waals surface area contributed by atoms with Gasteiger partial charge in [0.15, 0.2) is 11.5 Å². The summed E-state index contributed by atoms with van der Waals surface area (Å²) in [5.74, 6) is 8.12. The van der Waals surface area contributed by atoms with E-state index in [2.05, 4.69) is 21.4 Å². The molecule has 24 heavy (non-hydrogen) atoms. The van der Waals surface area contributed by atoms with Crippen molar-refractivity contribution >= 4 is 11.2 Å². The zero-order valence-corrected chi connectivity index (χ0v) is 13.7. The third-order valence-electron chi connectivity index (χ3n) is 4.55. The second kappa shape index (κ2) is 6.37. The Bertz CT molecular complexity index is 909. The van der Waals surface area contributed by atoms with Gasteiger partial charge in [-0.2, -0.15) is 0 Å². The van der Waals surface area contributed by atoms with E-state index in [0.29, 0.717) is 6.04 Å². The summed E-state index contributed by atoms with van der Waals surface area (Å²) in [6, 6.07) is 12.2. The smallest absolute Gasteiger partial charge is 0.188 e. The van der Waals surface area contributed by atoms with Gasteiger partial charge in [0, 0.05) is 17.8 Å². The lowest BCUT2D eigenvalue weighted by molar-refractivity contribution is 0.415. The van der Waals surface area contributed by atoms with E-state index in [9.17, 15) is 0 Å². The number of nitrogens with zero attached hydrogens (tertiary/aromatic N) is 3. The minimum atomic E-state index is 0.463. The maximum atomic E-state index is 5.19. The molecule has 1 fully saturated rings. The molecule has 2 aromatic heterocycles. The van der Waals surface area contributed by atoms with Gasteiger partial charge in [-0.25, -0.2) is 9.97 Å². The monoisotopic (exact) mass is 317 g/mol. The number of fused-ring (bicyclic) bond motifs is 1. The second-order valence-corrected chi connectivity index (χ2v) is 6.07. The van der Waals surface area contributed by atoms with Crippen LogP contribution in [0.4, 0.5) is 0 Å². The molecule has 4 heteroatoms. The van der Waals surface area contributed by atoms with Crippen LogP contribution in [0, 0.1) is 11.8 Å². The van der Waals surface area contributed by atoms with Gasteiger partial charge < -0.3 is 4.74 Å². The van der Waals surface area contributed by atoms with E-state index in [4.69, 9.17) is 9.72 Å². The van der Waals surface area contributed by atoms with Crippen LogP contribution in [0.1, 0.15) is 43.1 Å². The first-order valence-electron chi connectivity index (χ1n) is 8.34. The predicted molar refractivity (Wildman–Crippen MR) is 94.0 cm³/mol. The highest BCUT2D eigenvalue weighted by Crippen LogP contribution is 2.32. The van der Waals surface area contributed by atoms with E-state index in [1.165, 1.54) is 25.7 Å². The van der Waals surface area contributed by atoms with E-state index in [-0.39, 0.29) is 0 Å². The summed E-state index contributed by atoms with van der Waals surface area (Å²) in [4.78, 5) is 9.25. The Morgan fingerprint density at radius 2 is 1.88 bits per heavy atom. The maximum Gasteiger partial charge on any atom is 0.188 e. The Hall–Kier alpha value is -2.80. The molecule has 4 nitrogen and oxygen atoms in total. The summed E-state index contributed by atoms with van der Waals surface area (Å²) in [5.41, 5.74) is 2.82. The summed E-state index contributed by atoms with van der Waals surface area (Å²) in [6.45, 7) is 0. The first-order chi connectivity index (χ1) is 11.8. The van der Waals surface area contributed by atoms with Crippen LogP contribution in [0.25, 0.3) is 11.2 Å². The van der Waals surface area contributed by atoms with Gasteiger partial charge in [-0.1, -0.05) is 18.8 Å². The molecule has 0 radical (unpaired) electrons. The summed E-state index contributed by atoms with van der Waals surface area (Å²) in [6.07, 6.45) is 6.72. The average Bonchev–Trinajstić information content (AvgIpc) is 3.27. The fourth-order valence-corrected chi connectivity index (χ4v) is 3.33. The Balaban J connectivity index is 1.75. The van der Waals surface area contributed by atoms with Gasteiger partial charge in [0.05, 0.1) is 7.11 Å². The van der Waals surface area contributed by atoms with E-state index in [0.717, 1.165) is 28.3 Å². The Kier molecular flexibility index (Phi) is 3.92. The number of benzene rings is 1. The molecule has 0 saturated heterocycles. The molecule has 1 saturated carbocycles. The van der Waals surface area contributed by atoms with Crippen LogP contribution in [-0.2, 0) is 0 Å². The van der Waals surface area contributed by atoms with Crippen molar-refractivity contribution in [2.75, 3.05) is 7.11 Å². The minimum absolute atomic E-state index is 0.463. The molecule has 1 aliphatic rings. The lowest BCUT2D eigenvalue weighted by Gasteiger charge is -2.13. The van der Waals surface area contributed by atoms with Gasteiger partial charge in [-0.15, -0.1) is 0 Å². The number of pyridine rings is 1. The number of imidazole rings is 1. The van der Waals surface area contributed by atoms with Crippen LogP contribution in [0.3, 0.4) is 0 Å². The normalized spacial score (nSPS) is 14.5. The van der Waals surface area contributed by atoms with Crippen LogP contribution in [-0.4, -0.2) is 21.6 Å². The maximum absolute atomic E-state index is 5.19. The molecular weight excluding hydrogens is 298 g/mol. The number of methoxy groups -OCH3 is 1. The molecule has 1 aromatic carbocycles. The number of aromatic nitrogens is 3. The highest BCUT2D eigenvalue weighted by Gasteiger charge is 2.22. The number of rotatable bonds is 2. The summed E-state index contributed by atoms with van der Waals surface area (Å²) < 4.78 is 7.42. The third-order valence-corrected chi connectivity index (χ3v) is 4.55. The molecule has 0 unspecified atom stereocenters. The van der Waals surface area contributed by atoms with Crippen molar-refractivity contribution in [2.45, 2.75) is 31.7 Å². The molecular formula is C20H19N3O. The highest BCUT2D eigenvalue weighted by molar-refractivity contribution is 5.72. The fraction of sp³-hybridized carbons (Fsp3) is 0.300. The molecule has 1 aliphatic carbocycles. The molecule has 0 atom stereocenters. The van der Waals surface area contributed by atoms with E-state index in [1.54, 1.807) is 7.11 Å². The standard InChI is InChI=1S/C20H19N3O/c1-24-17-11-8-15(9-12-17)10-13-19-22-18-7-4-14-21-20(18)23(19)16-5-2-3-6-16/h4,7-9,11-12,14,16H,2-3,5-6H2,1H3. The van der Waals surface area contributed by atoms with Crippen LogP contribution < -0.4 is 4.74 Å². The summed E-state index contributed by atoms with van der Waals surface area (Å²) >= 11 is 0. The second-order valence-electron chi connectivity index (χ2n) is 6.07. The van der Waals surface area contributed by atoms with Crippen LogP contribution in [0.5, 0.6) is 5.75 Å². The van der Waals surface area contributed by atoms with Crippen LogP contribution in [0.2, 0.25) is 0 Å². The minimum Gasteiger partial charge on any atom is -0.497 e. The van der Waals surface area contributed by atoms with Crippen molar-refractivity contribution < 1.29 is 4.74 Å². The predicted octanol–water partition coefficient (Wildman–Crippen LogP) is 3.95. The molecule has 0 N–H and O–H groups in total. The third kappa shape index (κ3) is 2.74. The quantitative estimate of drug-likeness (QED) is 0.672. The van der Waals surface area contributed by atoms with E-state index >= 15 is 0 Å². The first kappa shape index (κ1) is 14.8. The SMILES string of the molecule is COc1ccc(C#Cc2nc3cccnc3n2C2CCCC2)cc1. The number of ether oxygens (including phenoxy) is 1. The molecule has 3 aromatic rings. The Morgan fingerprint density at radius 1 is 1.08 bits per heavy atom. The van der Waals surface area contributed by atoms with Gasteiger partial charge in [0.2, 0.25) is 0 Å². The van der Waals surface area contributed by atoms with Crippen molar-refractivity contribution in [3.63, 3.8) is 0 Å². The first-order valence-corrected chi connectivity index (χ1v) is 8.34.